The van der Waals surface area contributed by atoms with E-state index in [2.05, 4.69) is 37.4 Å². The minimum Gasteiger partial charge on any atom is -0.385 e. The van der Waals surface area contributed by atoms with Gasteiger partial charge in [-0.25, -0.2) is 0 Å². The quantitative estimate of drug-likeness (QED) is 0.568. The molecule has 1 aromatic carbocycles. The van der Waals surface area contributed by atoms with Crippen LogP contribution in [0.1, 0.15) is 17.5 Å². The van der Waals surface area contributed by atoms with E-state index in [0.717, 1.165) is 31.9 Å². The van der Waals surface area contributed by atoms with Gasteiger partial charge in [0.05, 0.1) is 0 Å². The van der Waals surface area contributed by atoms with Gasteiger partial charge in [-0.05, 0) is 38.4 Å². The Bertz CT molecular complexity index is 328. The summed E-state index contributed by atoms with van der Waals surface area (Å²) in [6.45, 7) is 7.26. The molecule has 0 amide bonds. The van der Waals surface area contributed by atoms with Crippen molar-refractivity contribution in [3.8, 4) is 0 Å². The van der Waals surface area contributed by atoms with Crippen molar-refractivity contribution in [3.63, 3.8) is 0 Å². The Morgan fingerprint density at radius 3 is 2.76 bits per heavy atom. The average Bonchev–Trinajstić information content (AvgIpc) is 2.30. The average molecular weight is 253 g/mol. The molecule has 0 unspecified atom stereocenters. The van der Waals surface area contributed by atoms with Gasteiger partial charge in [-0.3, -0.25) is 0 Å². The van der Waals surface area contributed by atoms with Crippen LogP contribution in [0.15, 0.2) is 23.1 Å². The van der Waals surface area contributed by atoms with Crippen LogP contribution in [-0.2, 0) is 4.74 Å². The summed E-state index contributed by atoms with van der Waals surface area (Å²) in [5.74, 6) is 1.12. The van der Waals surface area contributed by atoms with Crippen molar-refractivity contribution in [1.82, 2.24) is 5.32 Å². The number of thioether (sulfide) groups is 1. The lowest BCUT2D eigenvalue weighted by Crippen LogP contribution is -2.19. The van der Waals surface area contributed by atoms with E-state index in [0.29, 0.717) is 0 Å². The van der Waals surface area contributed by atoms with Gasteiger partial charge >= 0.3 is 0 Å². The maximum Gasteiger partial charge on any atom is 0.0474 e. The Balaban J connectivity index is 2.14. The topological polar surface area (TPSA) is 21.3 Å². The van der Waals surface area contributed by atoms with Crippen molar-refractivity contribution in [2.45, 2.75) is 25.2 Å². The largest absolute Gasteiger partial charge is 0.385 e. The van der Waals surface area contributed by atoms with E-state index in [-0.39, 0.29) is 0 Å². The number of nitrogens with one attached hydrogen (secondary N) is 1. The normalized spacial score (nSPS) is 10.8. The molecule has 0 saturated heterocycles. The molecule has 17 heavy (non-hydrogen) atoms. The Morgan fingerprint density at radius 1 is 1.24 bits per heavy atom. The molecule has 0 heterocycles. The Labute approximate surface area is 109 Å². The van der Waals surface area contributed by atoms with E-state index in [9.17, 15) is 0 Å². The zero-order chi connectivity index (χ0) is 12.5. The first-order chi connectivity index (χ1) is 8.24. The maximum absolute atomic E-state index is 5.00. The summed E-state index contributed by atoms with van der Waals surface area (Å²) in [6, 6.07) is 6.65. The second-order valence-electron chi connectivity index (χ2n) is 4.21. The number of hydrogen-bond acceptors (Lipinski definition) is 3. The summed E-state index contributed by atoms with van der Waals surface area (Å²) in [4.78, 5) is 1.40. The molecule has 0 bridgehead atoms. The lowest BCUT2D eigenvalue weighted by molar-refractivity contribution is 0.194. The summed E-state index contributed by atoms with van der Waals surface area (Å²) >= 11 is 1.93. The fourth-order valence-corrected chi connectivity index (χ4v) is 2.58. The van der Waals surface area contributed by atoms with E-state index in [1.54, 1.807) is 7.11 Å². The van der Waals surface area contributed by atoms with Gasteiger partial charge in [0, 0.05) is 30.9 Å². The molecule has 2 nitrogen and oxygen atoms in total. The smallest absolute Gasteiger partial charge is 0.0474 e. The lowest BCUT2D eigenvalue weighted by Gasteiger charge is -2.07. The van der Waals surface area contributed by atoms with Gasteiger partial charge in [-0.15, -0.1) is 11.8 Å². The highest BCUT2D eigenvalue weighted by Gasteiger charge is 1.98. The van der Waals surface area contributed by atoms with Crippen LogP contribution in [0.25, 0.3) is 0 Å². The molecular formula is C14H23NOS. The van der Waals surface area contributed by atoms with Crippen LogP contribution in [0.3, 0.4) is 0 Å². The molecule has 0 fully saturated rings. The third kappa shape index (κ3) is 6.10. The second kappa shape index (κ2) is 8.56. The van der Waals surface area contributed by atoms with Crippen molar-refractivity contribution in [2.75, 3.05) is 32.6 Å². The first kappa shape index (κ1) is 14.6. The van der Waals surface area contributed by atoms with Crippen molar-refractivity contribution in [3.05, 3.63) is 29.3 Å². The predicted molar refractivity (Wildman–Crippen MR) is 76.0 cm³/mol. The molecule has 0 atom stereocenters. The summed E-state index contributed by atoms with van der Waals surface area (Å²) in [5.41, 5.74) is 2.72. The molecular weight excluding hydrogens is 230 g/mol. The van der Waals surface area contributed by atoms with Gasteiger partial charge in [-0.2, -0.15) is 0 Å². The fraction of sp³-hybridized carbons (Fsp3) is 0.571. The molecule has 3 heteroatoms. The van der Waals surface area contributed by atoms with Crippen molar-refractivity contribution < 1.29 is 4.74 Å². The van der Waals surface area contributed by atoms with E-state index in [1.807, 2.05) is 11.8 Å². The predicted octanol–water partition coefficient (Wildman–Crippen LogP) is 3.02. The van der Waals surface area contributed by atoms with Crippen LogP contribution in [0.4, 0.5) is 0 Å². The van der Waals surface area contributed by atoms with Crippen LogP contribution in [0.2, 0.25) is 0 Å². The number of aryl methyl sites for hydroxylation is 2. The van der Waals surface area contributed by atoms with Gasteiger partial charge in [0.25, 0.3) is 0 Å². The van der Waals surface area contributed by atoms with Gasteiger partial charge in [0.2, 0.25) is 0 Å². The fourth-order valence-electron chi connectivity index (χ4n) is 1.66. The van der Waals surface area contributed by atoms with Crippen molar-refractivity contribution in [2.24, 2.45) is 0 Å². The van der Waals surface area contributed by atoms with Crippen molar-refractivity contribution in [1.29, 1.82) is 0 Å². The molecule has 1 N–H and O–H groups in total. The van der Waals surface area contributed by atoms with Gasteiger partial charge in [0.1, 0.15) is 0 Å². The molecule has 0 aliphatic heterocycles. The number of benzene rings is 1. The number of hydrogen-bond donors (Lipinski definition) is 1. The molecule has 0 radical (unpaired) electrons. The third-order valence-corrected chi connectivity index (χ3v) is 3.75. The molecule has 1 aromatic rings. The van der Waals surface area contributed by atoms with Crippen LogP contribution in [-0.4, -0.2) is 32.6 Å². The highest BCUT2D eigenvalue weighted by atomic mass is 32.2. The Hall–Kier alpha value is -0.510. The van der Waals surface area contributed by atoms with Gasteiger partial charge in [0.15, 0.2) is 0 Å². The summed E-state index contributed by atoms with van der Waals surface area (Å²) < 4.78 is 5.00. The van der Waals surface area contributed by atoms with Crippen LogP contribution < -0.4 is 5.32 Å². The van der Waals surface area contributed by atoms with Gasteiger partial charge in [-0.1, -0.05) is 17.7 Å². The minimum atomic E-state index is 0.844. The molecule has 1 rings (SSSR count). The van der Waals surface area contributed by atoms with Gasteiger partial charge < -0.3 is 10.1 Å². The Kier molecular flexibility index (Phi) is 7.33. The molecule has 0 aliphatic rings. The SMILES string of the molecule is COCCCNCCSc1ccc(C)cc1C. The van der Waals surface area contributed by atoms with E-state index < -0.39 is 0 Å². The lowest BCUT2D eigenvalue weighted by atomic mass is 10.2. The molecule has 0 aliphatic carbocycles. The molecule has 96 valence electrons. The number of rotatable bonds is 8. The zero-order valence-electron chi connectivity index (χ0n) is 11.1. The number of methoxy groups -OCH3 is 1. The number of ether oxygens (including phenoxy) is 1. The Morgan fingerprint density at radius 2 is 2.06 bits per heavy atom. The molecule has 0 aromatic heterocycles. The first-order valence-corrected chi connectivity index (χ1v) is 7.12. The first-order valence-electron chi connectivity index (χ1n) is 6.13. The van der Waals surface area contributed by atoms with E-state index in [4.69, 9.17) is 4.74 Å². The second-order valence-corrected chi connectivity index (χ2v) is 5.35. The monoisotopic (exact) mass is 253 g/mol. The minimum absolute atomic E-state index is 0.844. The van der Waals surface area contributed by atoms with Crippen LogP contribution in [0, 0.1) is 13.8 Å². The van der Waals surface area contributed by atoms with E-state index in [1.165, 1.54) is 16.0 Å². The highest BCUT2D eigenvalue weighted by Crippen LogP contribution is 2.22. The standard InChI is InChI=1S/C14H23NOS/c1-12-5-6-14(13(2)11-12)17-10-8-15-7-4-9-16-3/h5-6,11,15H,4,7-10H2,1-3H3. The van der Waals surface area contributed by atoms with Crippen LogP contribution >= 0.6 is 11.8 Å². The summed E-state index contributed by atoms with van der Waals surface area (Å²) in [5, 5.41) is 3.42. The summed E-state index contributed by atoms with van der Waals surface area (Å²) in [6.07, 6.45) is 1.09. The van der Waals surface area contributed by atoms with E-state index >= 15 is 0 Å². The zero-order valence-corrected chi connectivity index (χ0v) is 11.9. The maximum atomic E-state index is 5.00. The summed E-state index contributed by atoms with van der Waals surface area (Å²) in [7, 11) is 1.75. The highest BCUT2D eigenvalue weighted by molar-refractivity contribution is 7.99. The van der Waals surface area contributed by atoms with Crippen LogP contribution in [0.5, 0.6) is 0 Å². The molecule has 0 saturated carbocycles. The van der Waals surface area contributed by atoms with Crippen molar-refractivity contribution >= 4 is 11.8 Å². The third-order valence-electron chi connectivity index (χ3n) is 2.57. The molecule has 0 spiro atoms.